The Labute approximate surface area is 121 Å². The lowest BCUT2D eigenvalue weighted by molar-refractivity contribution is 0.322. The van der Waals surface area contributed by atoms with Crippen molar-refractivity contribution in [2.45, 2.75) is 6.42 Å². The maximum absolute atomic E-state index is 5.75. The zero-order chi connectivity index (χ0) is 13.7. The monoisotopic (exact) mass is 321 g/mol. The van der Waals surface area contributed by atoms with Crippen molar-refractivity contribution in [2.24, 2.45) is 0 Å². The first kappa shape index (κ1) is 13.7. The number of rotatable bonds is 5. The molecule has 19 heavy (non-hydrogen) atoms. The molecule has 100 valence electrons. The fourth-order valence-electron chi connectivity index (χ4n) is 1.75. The van der Waals surface area contributed by atoms with E-state index in [4.69, 9.17) is 15.2 Å². The Bertz CT molecular complexity index is 520. The molecule has 0 radical (unpaired) electrons. The fourth-order valence-corrected chi connectivity index (χ4v) is 2.24. The quantitative estimate of drug-likeness (QED) is 0.855. The summed E-state index contributed by atoms with van der Waals surface area (Å²) in [6.45, 7) is 0.613. The molecular formula is C15H16BrNO2. The summed E-state index contributed by atoms with van der Waals surface area (Å²) >= 11 is 3.39. The highest BCUT2D eigenvalue weighted by Gasteiger charge is 1.99. The van der Waals surface area contributed by atoms with Gasteiger partial charge in [-0.05, 0) is 29.8 Å². The van der Waals surface area contributed by atoms with Crippen LogP contribution in [0.15, 0.2) is 46.9 Å². The molecule has 0 spiro atoms. The van der Waals surface area contributed by atoms with Gasteiger partial charge in [0.05, 0.1) is 13.7 Å². The predicted octanol–water partition coefficient (Wildman–Crippen LogP) is 3.66. The minimum Gasteiger partial charge on any atom is -0.497 e. The van der Waals surface area contributed by atoms with Crippen molar-refractivity contribution in [3.05, 3.63) is 52.5 Å². The van der Waals surface area contributed by atoms with Crippen LogP contribution >= 0.6 is 15.9 Å². The molecule has 0 bridgehead atoms. The third-order valence-corrected chi connectivity index (χ3v) is 3.17. The molecule has 2 rings (SSSR count). The topological polar surface area (TPSA) is 44.5 Å². The molecule has 0 aliphatic rings. The molecule has 0 unspecified atom stereocenters. The third kappa shape index (κ3) is 4.17. The number of nitrogens with two attached hydrogens (primary N) is 1. The van der Waals surface area contributed by atoms with Crippen LogP contribution in [0.25, 0.3) is 0 Å². The van der Waals surface area contributed by atoms with E-state index in [0.29, 0.717) is 12.3 Å². The number of ether oxygens (including phenoxy) is 2. The molecule has 0 atom stereocenters. The first-order chi connectivity index (χ1) is 9.17. The average Bonchev–Trinajstić information content (AvgIpc) is 2.38. The summed E-state index contributed by atoms with van der Waals surface area (Å²) in [5.41, 5.74) is 7.65. The SMILES string of the molecule is COc1ccc(CCOc2cc(N)cc(Br)c2)cc1. The minimum atomic E-state index is 0.613. The van der Waals surface area contributed by atoms with Gasteiger partial charge < -0.3 is 15.2 Å². The van der Waals surface area contributed by atoms with Crippen LogP contribution in [0.2, 0.25) is 0 Å². The van der Waals surface area contributed by atoms with Gasteiger partial charge in [-0.1, -0.05) is 28.1 Å². The van der Waals surface area contributed by atoms with E-state index in [0.717, 1.165) is 22.4 Å². The summed E-state index contributed by atoms with van der Waals surface area (Å²) in [6.07, 6.45) is 0.844. The smallest absolute Gasteiger partial charge is 0.122 e. The molecule has 0 saturated carbocycles. The molecule has 2 aromatic carbocycles. The lowest BCUT2D eigenvalue weighted by atomic mass is 10.1. The van der Waals surface area contributed by atoms with Gasteiger partial charge in [-0.15, -0.1) is 0 Å². The summed E-state index contributed by atoms with van der Waals surface area (Å²) in [7, 11) is 1.66. The summed E-state index contributed by atoms with van der Waals surface area (Å²) in [4.78, 5) is 0. The van der Waals surface area contributed by atoms with Crippen molar-refractivity contribution in [1.29, 1.82) is 0 Å². The Balaban J connectivity index is 1.88. The summed E-state index contributed by atoms with van der Waals surface area (Å²) in [5.74, 6) is 1.64. The van der Waals surface area contributed by atoms with E-state index in [1.807, 2.05) is 42.5 Å². The Morgan fingerprint density at radius 2 is 1.79 bits per heavy atom. The zero-order valence-electron chi connectivity index (χ0n) is 10.7. The maximum atomic E-state index is 5.75. The molecule has 0 amide bonds. The van der Waals surface area contributed by atoms with Crippen LogP contribution in [0.4, 0.5) is 5.69 Å². The normalized spacial score (nSPS) is 10.2. The number of hydrogen-bond donors (Lipinski definition) is 1. The second-order valence-corrected chi connectivity index (χ2v) is 5.08. The van der Waals surface area contributed by atoms with E-state index < -0.39 is 0 Å². The van der Waals surface area contributed by atoms with Crippen LogP contribution in [0.5, 0.6) is 11.5 Å². The Hall–Kier alpha value is -1.68. The fraction of sp³-hybridized carbons (Fsp3) is 0.200. The summed E-state index contributed by atoms with van der Waals surface area (Å²) < 4.78 is 11.7. The minimum absolute atomic E-state index is 0.613. The van der Waals surface area contributed by atoms with Crippen LogP contribution < -0.4 is 15.2 Å². The molecule has 0 aliphatic heterocycles. The zero-order valence-corrected chi connectivity index (χ0v) is 12.3. The van der Waals surface area contributed by atoms with Gasteiger partial charge in [-0.25, -0.2) is 0 Å². The predicted molar refractivity (Wildman–Crippen MR) is 80.7 cm³/mol. The van der Waals surface area contributed by atoms with Crippen LogP contribution in [-0.4, -0.2) is 13.7 Å². The molecule has 0 aromatic heterocycles. The van der Waals surface area contributed by atoms with Crippen LogP contribution in [0.3, 0.4) is 0 Å². The second-order valence-electron chi connectivity index (χ2n) is 4.17. The van der Waals surface area contributed by atoms with Crippen molar-refractivity contribution >= 4 is 21.6 Å². The lowest BCUT2D eigenvalue weighted by Gasteiger charge is -2.08. The molecule has 0 fully saturated rings. The Morgan fingerprint density at radius 1 is 1.05 bits per heavy atom. The first-order valence-electron chi connectivity index (χ1n) is 5.99. The second kappa shape index (κ2) is 6.48. The molecule has 0 aliphatic carbocycles. The maximum Gasteiger partial charge on any atom is 0.122 e. The molecule has 0 saturated heterocycles. The van der Waals surface area contributed by atoms with Crippen molar-refractivity contribution in [1.82, 2.24) is 0 Å². The summed E-state index contributed by atoms with van der Waals surface area (Å²) in [5, 5.41) is 0. The Kier molecular flexibility index (Phi) is 4.68. The van der Waals surface area contributed by atoms with E-state index in [1.165, 1.54) is 5.56 Å². The molecule has 3 nitrogen and oxygen atoms in total. The molecular weight excluding hydrogens is 306 g/mol. The molecule has 2 N–H and O–H groups in total. The van der Waals surface area contributed by atoms with Crippen molar-refractivity contribution < 1.29 is 9.47 Å². The van der Waals surface area contributed by atoms with Gasteiger partial charge in [0, 0.05) is 22.6 Å². The number of anilines is 1. The van der Waals surface area contributed by atoms with Crippen LogP contribution in [-0.2, 0) is 6.42 Å². The van der Waals surface area contributed by atoms with E-state index in [-0.39, 0.29) is 0 Å². The van der Waals surface area contributed by atoms with Crippen molar-refractivity contribution in [3.63, 3.8) is 0 Å². The van der Waals surface area contributed by atoms with Crippen molar-refractivity contribution in [2.75, 3.05) is 19.5 Å². The largest absolute Gasteiger partial charge is 0.497 e. The van der Waals surface area contributed by atoms with Gasteiger partial charge in [0.2, 0.25) is 0 Å². The van der Waals surface area contributed by atoms with E-state index in [9.17, 15) is 0 Å². The van der Waals surface area contributed by atoms with Gasteiger partial charge in [-0.3, -0.25) is 0 Å². The lowest BCUT2D eigenvalue weighted by Crippen LogP contribution is -2.01. The first-order valence-corrected chi connectivity index (χ1v) is 6.78. The number of benzene rings is 2. The molecule has 0 heterocycles. The molecule has 4 heteroatoms. The summed E-state index contributed by atoms with van der Waals surface area (Å²) in [6, 6.07) is 13.5. The van der Waals surface area contributed by atoms with Crippen LogP contribution in [0, 0.1) is 0 Å². The number of nitrogen functional groups attached to an aromatic ring is 1. The highest BCUT2D eigenvalue weighted by atomic mass is 79.9. The van der Waals surface area contributed by atoms with Gasteiger partial charge in [0.15, 0.2) is 0 Å². The highest BCUT2D eigenvalue weighted by Crippen LogP contribution is 2.23. The number of hydrogen-bond acceptors (Lipinski definition) is 3. The van der Waals surface area contributed by atoms with E-state index in [2.05, 4.69) is 15.9 Å². The van der Waals surface area contributed by atoms with E-state index >= 15 is 0 Å². The van der Waals surface area contributed by atoms with Crippen molar-refractivity contribution in [3.8, 4) is 11.5 Å². The third-order valence-electron chi connectivity index (χ3n) is 2.71. The van der Waals surface area contributed by atoms with Gasteiger partial charge >= 0.3 is 0 Å². The van der Waals surface area contributed by atoms with Crippen LogP contribution in [0.1, 0.15) is 5.56 Å². The number of halogens is 1. The average molecular weight is 322 g/mol. The van der Waals surface area contributed by atoms with Gasteiger partial charge in [0.25, 0.3) is 0 Å². The van der Waals surface area contributed by atoms with Gasteiger partial charge in [0.1, 0.15) is 11.5 Å². The standard InChI is InChI=1S/C15H16BrNO2/c1-18-14-4-2-11(3-5-14)6-7-19-15-9-12(16)8-13(17)10-15/h2-5,8-10H,6-7,17H2,1H3. The number of methoxy groups -OCH3 is 1. The highest BCUT2D eigenvalue weighted by molar-refractivity contribution is 9.10. The van der Waals surface area contributed by atoms with E-state index in [1.54, 1.807) is 7.11 Å². The van der Waals surface area contributed by atoms with Gasteiger partial charge in [-0.2, -0.15) is 0 Å². The Morgan fingerprint density at radius 3 is 2.42 bits per heavy atom. The molecule has 2 aromatic rings.